The lowest BCUT2D eigenvalue weighted by Gasteiger charge is -2.38. The molecule has 1 atom stereocenters. The van der Waals surface area contributed by atoms with Gasteiger partial charge in [0.15, 0.2) is 0 Å². The Balaban J connectivity index is 1.65. The first-order valence-electron chi connectivity index (χ1n) is 7.30. The van der Waals surface area contributed by atoms with Crippen LogP contribution < -0.4 is 5.32 Å². The highest BCUT2D eigenvalue weighted by Crippen LogP contribution is 2.16. The molecule has 19 heavy (non-hydrogen) atoms. The summed E-state index contributed by atoms with van der Waals surface area (Å²) >= 11 is 0. The Morgan fingerprint density at radius 2 is 2.16 bits per heavy atom. The van der Waals surface area contributed by atoms with Crippen LogP contribution in [0.4, 0.5) is 0 Å². The van der Waals surface area contributed by atoms with Gasteiger partial charge >= 0.3 is 0 Å². The molecule has 1 aliphatic rings. The first-order valence-corrected chi connectivity index (χ1v) is 7.30. The van der Waals surface area contributed by atoms with Crippen LogP contribution in [0.3, 0.4) is 0 Å². The molecule has 1 unspecified atom stereocenters. The van der Waals surface area contributed by atoms with Crippen molar-refractivity contribution in [3.63, 3.8) is 0 Å². The van der Waals surface area contributed by atoms with Gasteiger partial charge < -0.3 is 14.6 Å². The van der Waals surface area contributed by atoms with E-state index in [1.165, 1.54) is 25.9 Å². The van der Waals surface area contributed by atoms with E-state index in [1.807, 2.05) is 12.1 Å². The first kappa shape index (κ1) is 14.6. The minimum Gasteiger partial charge on any atom is -0.468 e. The molecule has 4 nitrogen and oxygen atoms in total. The van der Waals surface area contributed by atoms with Crippen LogP contribution in [-0.2, 0) is 6.54 Å². The lowest BCUT2D eigenvalue weighted by Crippen LogP contribution is -2.48. The normalized spacial score (nSPS) is 20.0. The van der Waals surface area contributed by atoms with Crippen molar-refractivity contribution in [2.45, 2.75) is 38.4 Å². The molecular weight excluding hydrogens is 238 g/mol. The van der Waals surface area contributed by atoms with Crippen LogP contribution >= 0.6 is 0 Å². The number of nitrogens with zero attached hydrogens (tertiary/aromatic N) is 2. The molecule has 4 heteroatoms. The molecule has 0 radical (unpaired) electrons. The van der Waals surface area contributed by atoms with E-state index in [4.69, 9.17) is 4.42 Å². The number of furan rings is 1. The minimum absolute atomic E-state index is 0.595. The molecule has 0 amide bonds. The Morgan fingerprint density at radius 1 is 1.42 bits per heavy atom. The van der Waals surface area contributed by atoms with Crippen LogP contribution in [0.5, 0.6) is 0 Å². The molecule has 1 aliphatic heterocycles. The summed E-state index contributed by atoms with van der Waals surface area (Å²) in [5.41, 5.74) is 0. The Morgan fingerprint density at radius 3 is 2.74 bits per heavy atom. The van der Waals surface area contributed by atoms with Crippen molar-refractivity contribution < 1.29 is 4.42 Å². The maximum absolute atomic E-state index is 5.32. The lowest BCUT2D eigenvalue weighted by molar-refractivity contribution is 0.113. The van der Waals surface area contributed by atoms with Crippen molar-refractivity contribution >= 4 is 0 Å². The fourth-order valence-corrected chi connectivity index (χ4v) is 2.79. The van der Waals surface area contributed by atoms with Gasteiger partial charge in [0, 0.05) is 18.6 Å². The minimum atomic E-state index is 0.595. The van der Waals surface area contributed by atoms with Crippen molar-refractivity contribution in [3.8, 4) is 0 Å². The van der Waals surface area contributed by atoms with Gasteiger partial charge in [0.25, 0.3) is 0 Å². The Hall–Kier alpha value is -0.840. The molecule has 0 spiro atoms. The third kappa shape index (κ3) is 4.34. The molecule has 1 aromatic heterocycles. The second kappa shape index (κ2) is 7.08. The summed E-state index contributed by atoms with van der Waals surface area (Å²) in [4.78, 5) is 4.95. The summed E-state index contributed by atoms with van der Waals surface area (Å²) in [5, 5.41) is 3.47. The molecule has 0 saturated carbocycles. The quantitative estimate of drug-likeness (QED) is 0.850. The number of rotatable bonds is 6. The van der Waals surface area contributed by atoms with Gasteiger partial charge in [-0.25, -0.2) is 0 Å². The molecule has 0 bridgehead atoms. The van der Waals surface area contributed by atoms with Crippen LogP contribution in [0.25, 0.3) is 0 Å². The number of piperidine rings is 1. The Labute approximate surface area is 116 Å². The monoisotopic (exact) mass is 265 g/mol. The molecule has 1 N–H and O–H groups in total. The Kier molecular flexibility index (Phi) is 5.43. The zero-order chi connectivity index (χ0) is 13.7. The highest BCUT2D eigenvalue weighted by Gasteiger charge is 2.23. The fraction of sp³-hybridized carbons (Fsp3) is 0.733. The van der Waals surface area contributed by atoms with Gasteiger partial charge in [-0.3, -0.25) is 4.90 Å². The van der Waals surface area contributed by atoms with Crippen LogP contribution in [0.2, 0.25) is 0 Å². The number of nitrogens with one attached hydrogen (secondary N) is 1. The summed E-state index contributed by atoms with van der Waals surface area (Å²) in [6.07, 6.45) is 4.30. The highest BCUT2D eigenvalue weighted by atomic mass is 16.3. The van der Waals surface area contributed by atoms with Crippen molar-refractivity contribution in [3.05, 3.63) is 24.2 Å². The molecule has 1 aromatic rings. The Bertz CT molecular complexity index is 342. The maximum atomic E-state index is 5.32. The van der Waals surface area contributed by atoms with E-state index < -0.39 is 0 Å². The lowest BCUT2D eigenvalue weighted by atomic mass is 10.0. The fourth-order valence-electron chi connectivity index (χ4n) is 2.79. The molecule has 2 heterocycles. The van der Waals surface area contributed by atoms with Gasteiger partial charge in [0.1, 0.15) is 5.76 Å². The average molecular weight is 265 g/mol. The van der Waals surface area contributed by atoms with Crippen LogP contribution in [0, 0.1) is 0 Å². The third-order valence-corrected chi connectivity index (χ3v) is 4.17. The van der Waals surface area contributed by atoms with Crippen LogP contribution in [0.15, 0.2) is 22.8 Å². The standard InChI is InChI=1S/C15H27N3O/c1-13(11-16-12-15-5-4-10-19-15)18-8-6-14(7-9-18)17(2)3/h4-5,10,13-14,16H,6-9,11-12H2,1-3H3. The third-order valence-electron chi connectivity index (χ3n) is 4.17. The zero-order valence-corrected chi connectivity index (χ0v) is 12.4. The molecule has 2 rings (SSSR count). The summed E-state index contributed by atoms with van der Waals surface area (Å²) in [7, 11) is 4.38. The van der Waals surface area contributed by atoms with Crippen molar-refractivity contribution in [2.24, 2.45) is 0 Å². The average Bonchev–Trinajstić information content (AvgIpc) is 2.92. The van der Waals surface area contributed by atoms with Gasteiger partial charge in [0.05, 0.1) is 12.8 Å². The second-order valence-corrected chi connectivity index (χ2v) is 5.79. The van der Waals surface area contributed by atoms with Gasteiger partial charge in [-0.05, 0) is 59.1 Å². The van der Waals surface area contributed by atoms with Crippen molar-refractivity contribution in [2.75, 3.05) is 33.7 Å². The molecule has 0 aromatic carbocycles. The van der Waals surface area contributed by atoms with E-state index in [0.717, 1.165) is 24.9 Å². The highest BCUT2D eigenvalue weighted by molar-refractivity contribution is 4.97. The number of likely N-dealkylation sites (tertiary alicyclic amines) is 1. The summed E-state index contributed by atoms with van der Waals surface area (Å²) < 4.78 is 5.32. The second-order valence-electron chi connectivity index (χ2n) is 5.79. The van der Waals surface area contributed by atoms with Gasteiger partial charge in [-0.2, -0.15) is 0 Å². The van der Waals surface area contributed by atoms with E-state index >= 15 is 0 Å². The zero-order valence-electron chi connectivity index (χ0n) is 12.4. The van der Waals surface area contributed by atoms with E-state index in [1.54, 1.807) is 6.26 Å². The number of hydrogen-bond donors (Lipinski definition) is 1. The summed E-state index contributed by atoms with van der Waals surface area (Å²) in [6, 6.07) is 5.31. The van der Waals surface area contributed by atoms with Gasteiger partial charge in [-0.1, -0.05) is 0 Å². The first-order chi connectivity index (χ1) is 9.16. The molecule has 108 valence electrons. The maximum Gasteiger partial charge on any atom is 0.117 e. The predicted molar refractivity (Wildman–Crippen MR) is 78.2 cm³/mol. The smallest absolute Gasteiger partial charge is 0.117 e. The van der Waals surface area contributed by atoms with Crippen molar-refractivity contribution in [1.82, 2.24) is 15.1 Å². The summed E-state index contributed by atoms with van der Waals surface area (Å²) in [6.45, 7) is 6.59. The van der Waals surface area contributed by atoms with Crippen LogP contribution in [-0.4, -0.2) is 55.6 Å². The SMILES string of the molecule is CC(CNCc1ccco1)N1CCC(N(C)C)CC1. The van der Waals surface area contributed by atoms with Gasteiger partial charge in [0.2, 0.25) is 0 Å². The van der Waals surface area contributed by atoms with E-state index in [2.05, 4.69) is 36.1 Å². The molecule has 1 fully saturated rings. The molecule has 0 aliphatic carbocycles. The van der Waals surface area contributed by atoms with Crippen LogP contribution in [0.1, 0.15) is 25.5 Å². The number of hydrogen-bond acceptors (Lipinski definition) is 4. The summed E-state index contributed by atoms with van der Waals surface area (Å²) in [5.74, 6) is 1.01. The van der Waals surface area contributed by atoms with E-state index in [0.29, 0.717) is 6.04 Å². The van der Waals surface area contributed by atoms with E-state index in [-0.39, 0.29) is 0 Å². The largest absolute Gasteiger partial charge is 0.468 e. The molecular formula is C15H27N3O. The topological polar surface area (TPSA) is 31.7 Å². The van der Waals surface area contributed by atoms with Gasteiger partial charge in [-0.15, -0.1) is 0 Å². The van der Waals surface area contributed by atoms with Crippen molar-refractivity contribution in [1.29, 1.82) is 0 Å². The van der Waals surface area contributed by atoms with E-state index in [9.17, 15) is 0 Å². The predicted octanol–water partition coefficient (Wildman–Crippen LogP) is 1.78. The molecule has 1 saturated heterocycles.